The molecular weight excluding hydrogens is 489 g/mol. The van der Waals surface area contributed by atoms with Gasteiger partial charge in [0.05, 0.1) is 5.57 Å². The minimum absolute atomic E-state index is 0.0121. The minimum Gasteiger partial charge on any atom is -0.435 e. The van der Waals surface area contributed by atoms with E-state index in [0.717, 1.165) is 22.1 Å². The fourth-order valence-electron chi connectivity index (χ4n) is 4.01. The van der Waals surface area contributed by atoms with E-state index >= 15 is 0 Å². The number of Topliss-reactive ketones (excluding diaryl/α,β-unsaturated/α-hetero) is 2. The maximum absolute atomic E-state index is 14.1. The summed E-state index contributed by atoms with van der Waals surface area (Å²) in [6, 6.07) is 12.0. The van der Waals surface area contributed by atoms with Crippen LogP contribution in [-0.4, -0.2) is 16.6 Å². The van der Waals surface area contributed by atoms with E-state index in [-0.39, 0.29) is 27.1 Å². The SMILES string of the molecule is O=C1C(=Cc2cc3oc(-c4c(F)c(F)c(F)c(F)c4F)nc3s2)C(=O)c2cc3ccccc3cc21. The van der Waals surface area contributed by atoms with E-state index in [1.54, 1.807) is 12.1 Å². The maximum Gasteiger partial charge on any atom is 0.234 e. The van der Waals surface area contributed by atoms with Crippen molar-refractivity contribution in [1.29, 1.82) is 0 Å². The Kier molecular flexibility index (Phi) is 4.52. The Morgan fingerprint density at radius 3 is 1.86 bits per heavy atom. The van der Waals surface area contributed by atoms with Gasteiger partial charge in [0.2, 0.25) is 11.7 Å². The summed E-state index contributed by atoms with van der Waals surface area (Å²) < 4.78 is 73.8. The van der Waals surface area contributed by atoms with Crippen molar-refractivity contribution in [1.82, 2.24) is 4.98 Å². The number of nitrogens with zero attached hydrogens (tertiary/aromatic N) is 1. The van der Waals surface area contributed by atoms with Gasteiger partial charge in [0.25, 0.3) is 0 Å². The van der Waals surface area contributed by atoms with Gasteiger partial charge in [-0.2, -0.15) is 4.98 Å². The number of hydrogen-bond acceptors (Lipinski definition) is 5. The van der Waals surface area contributed by atoms with E-state index < -0.39 is 52.1 Å². The highest BCUT2D eigenvalue weighted by Gasteiger charge is 2.34. The van der Waals surface area contributed by atoms with E-state index in [2.05, 4.69) is 4.98 Å². The van der Waals surface area contributed by atoms with Crippen LogP contribution < -0.4 is 0 Å². The molecule has 0 spiro atoms. The number of carbonyl (C=O) groups is 2. The monoisotopic (exact) mass is 497 g/mol. The van der Waals surface area contributed by atoms with Crippen molar-refractivity contribution in [3.63, 3.8) is 0 Å². The predicted molar refractivity (Wildman–Crippen MR) is 118 cm³/mol. The van der Waals surface area contributed by atoms with Crippen LogP contribution in [0.1, 0.15) is 25.6 Å². The standard InChI is InChI=1S/C25H8F5NO3S/c26-17-16(18(27)20(29)21(30)19(17)28)24-31-25-15(34-24)8-11(35-25)7-14-22(32)12-5-9-3-1-2-4-10(9)6-13(12)23(14)33/h1-8H. The Morgan fingerprint density at radius 2 is 1.31 bits per heavy atom. The second kappa shape index (κ2) is 7.41. The van der Waals surface area contributed by atoms with Crippen LogP contribution in [-0.2, 0) is 0 Å². The average Bonchev–Trinajstić information content (AvgIpc) is 3.48. The Balaban J connectivity index is 1.40. The lowest BCUT2D eigenvalue weighted by atomic mass is 10.0. The molecule has 1 aliphatic rings. The van der Waals surface area contributed by atoms with Gasteiger partial charge in [-0.3, -0.25) is 9.59 Å². The number of aromatic nitrogens is 1. The molecule has 1 aliphatic carbocycles. The van der Waals surface area contributed by atoms with Crippen molar-refractivity contribution in [3.05, 3.63) is 93.1 Å². The molecule has 0 fully saturated rings. The van der Waals surface area contributed by atoms with E-state index in [1.165, 1.54) is 12.1 Å². The summed E-state index contributed by atoms with van der Waals surface area (Å²) in [4.78, 5) is 30.1. The van der Waals surface area contributed by atoms with Crippen LogP contribution in [0.2, 0.25) is 0 Å². The molecule has 0 amide bonds. The van der Waals surface area contributed by atoms with E-state index in [9.17, 15) is 31.5 Å². The van der Waals surface area contributed by atoms with Gasteiger partial charge in [0, 0.05) is 22.1 Å². The van der Waals surface area contributed by atoms with Crippen molar-refractivity contribution in [2.45, 2.75) is 0 Å². The molecule has 0 radical (unpaired) electrons. The zero-order chi connectivity index (χ0) is 24.6. The number of rotatable bonds is 2. The van der Waals surface area contributed by atoms with Crippen LogP contribution in [0.25, 0.3) is 38.7 Å². The molecule has 35 heavy (non-hydrogen) atoms. The molecule has 3 aromatic carbocycles. The third kappa shape index (κ3) is 3.06. The molecule has 4 nitrogen and oxygen atoms in total. The van der Waals surface area contributed by atoms with Crippen LogP contribution in [0, 0.1) is 29.1 Å². The lowest BCUT2D eigenvalue weighted by molar-refractivity contribution is 0.0990. The fourth-order valence-corrected chi connectivity index (χ4v) is 4.90. The number of ketones is 2. The molecule has 0 atom stereocenters. The van der Waals surface area contributed by atoms with Gasteiger partial charge in [0.1, 0.15) is 5.56 Å². The first kappa shape index (κ1) is 21.4. The summed E-state index contributed by atoms with van der Waals surface area (Å²) >= 11 is 0.916. The highest BCUT2D eigenvalue weighted by molar-refractivity contribution is 7.19. The summed E-state index contributed by atoms with van der Waals surface area (Å²) in [5.41, 5.74) is -0.798. The molecule has 0 saturated carbocycles. The van der Waals surface area contributed by atoms with Gasteiger partial charge in [0.15, 0.2) is 45.2 Å². The highest BCUT2D eigenvalue weighted by Crippen LogP contribution is 2.37. The molecule has 6 rings (SSSR count). The topological polar surface area (TPSA) is 60.2 Å². The number of hydrogen-bond donors (Lipinski definition) is 0. The largest absolute Gasteiger partial charge is 0.435 e. The zero-order valence-electron chi connectivity index (χ0n) is 17.1. The quantitative estimate of drug-likeness (QED) is 0.0878. The Morgan fingerprint density at radius 1 is 0.771 bits per heavy atom. The Labute approximate surface area is 195 Å². The number of allylic oxidation sites excluding steroid dienone is 1. The van der Waals surface area contributed by atoms with Crippen molar-refractivity contribution in [3.8, 4) is 11.5 Å². The van der Waals surface area contributed by atoms with E-state index in [0.29, 0.717) is 4.88 Å². The second-order valence-electron chi connectivity index (χ2n) is 7.74. The van der Waals surface area contributed by atoms with Crippen LogP contribution in [0.5, 0.6) is 0 Å². The number of halogens is 5. The van der Waals surface area contributed by atoms with Crippen LogP contribution in [0.3, 0.4) is 0 Å². The first-order valence-electron chi connectivity index (χ1n) is 10.0. The van der Waals surface area contributed by atoms with E-state index in [1.807, 2.05) is 24.3 Å². The number of carbonyl (C=O) groups excluding carboxylic acids is 2. The summed E-state index contributed by atoms with van der Waals surface area (Å²) in [7, 11) is 0. The van der Waals surface area contributed by atoms with Crippen molar-refractivity contribution >= 4 is 50.2 Å². The van der Waals surface area contributed by atoms with Crippen LogP contribution in [0.4, 0.5) is 22.0 Å². The lowest BCUT2D eigenvalue weighted by Gasteiger charge is -2.04. The Hall–Kier alpha value is -4.18. The molecule has 2 heterocycles. The third-order valence-electron chi connectivity index (χ3n) is 5.68. The first-order chi connectivity index (χ1) is 16.7. The van der Waals surface area contributed by atoms with Gasteiger partial charge in [-0.1, -0.05) is 24.3 Å². The minimum atomic E-state index is -2.29. The third-order valence-corrected chi connectivity index (χ3v) is 6.64. The van der Waals surface area contributed by atoms with Crippen LogP contribution >= 0.6 is 11.3 Å². The van der Waals surface area contributed by atoms with Gasteiger partial charge in [-0.05, 0) is 29.0 Å². The number of fused-ring (bicyclic) bond motifs is 3. The average molecular weight is 497 g/mol. The molecular formula is C25H8F5NO3S. The molecule has 2 aromatic heterocycles. The number of benzene rings is 3. The maximum atomic E-state index is 14.1. The van der Waals surface area contributed by atoms with Gasteiger partial charge >= 0.3 is 0 Å². The van der Waals surface area contributed by atoms with E-state index in [4.69, 9.17) is 4.42 Å². The second-order valence-corrected chi connectivity index (χ2v) is 8.81. The summed E-state index contributed by atoms with van der Waals surface area (Å²) in [5, 5.41) is 1.62. The van der Waals surface area contributed by atoms with Gasteiger partial charge < -0.3 is 4.42 Å². The molecule has 0 bridgehead atoms. The highest BCUT2D eigenvalue weighted by atomic mass is 32.1. The predicted octanol–water partition coefficient (Wildman–Crippen LogP) is 6.87. The zero-order valence-corrected chi connectivity index (χ0v) is 17.9. The number of thiophene rings is 1. The van der Waals surface area contributed by atoms with Crippen molar-refractivity contribution in [2.75, 3.05) is 0 Å². The molecule has 0 saturated heterocycles. The normalized spacial score (nSPS) is 13.3. The molecule has 5 aromatic rings. The molecule has 0 N–H and O–H groups in total. The summed E-state index contributed by atoms with van der Waals surface area (Å²) in [6.45, 7) is 0. The number of oxazole rings is 1. The summed E-state index contributed by atoms with van der Waals surface area (Å²) in [6.07, 6.45) is 1.36. The lowest BCUT2D eigenvalue weighted by Crippen LogP contribution is -2.04. The first-order valence-corrected chi connectivity index (χ1v) is 10.8. The van der Waals surface area contributed by atoms with Crippen LogP contribution in [0.15, 0.2) is 52.5 Å². The molecule has 172 valence electrons. The van der Waals surface area contributed by atoms with Crippen molar-refractivity contribution < 1.29 is 36.0 Å². The molecule has 0 unspecified atom stereocenters. The smallest absolute Gasteiger partial charge is 0.234 e. The Bertz CT molecular complexity index is 1680. The fraction of sp³-hybridized carbons (Fsp3) is 0. The van der Waals surface area contributed by atoms with Gasteiger partial charge in [-0.15, -0.1) is 11.3 Å². The summed E-state index contributed by atoms with van der Waals surface area (Å²) in [5.74, 6) is -12.3. The molecule has 10 heteroatoms. The molecule has 0 aliphatic heterocycles. The van der Waals surface area contributed by atoms with Crippen molar-refractivity contribution in [2.24, 2.45) is 0 Å². The van der Waals surface area contributed by atoms with Gasteiger partial charge in [-0.25, -0.2) is 22.0 Å².